The fraction of sp³-hybridized carbons (Fsp3) is 0.500. The van der Waals surface area contributed by atoms with Crippen molar-refractivity contribution in [1.82, 2.24) is 19.9 Å². The SMILES string of the molecule is Cc1nc(C)c(C(=O)N2CCO[C@@H](CCc3cc(=O)[nH]cn3)C2)s1. The number of ether oxygens (including phenoxy) is 1. The Morgan fingerprint density at radius 1 is 1.50 bits per heavy atom. The predicted octanol–water partition coefficient (Wildman–Crippen LogP) is 1.32. The average Bonchev–Trinajstić information content (AvgIpc) is 2.91. The number of nitrogens with zero attached hydrogens (tertiary/aromatic N) is 3. The van der Waals surface area contributed by atoms with Crippen molar-refractivity contribution < 1.29 is 9.53 Å². The standard InChI is InChI=1S/C16H20N4O3S/c1-10-15(24-11(2)19-10)16(22)20-5-6-23-13(8-20)4-3-12-7-14(21)18-9-17-12/h7,9,13H,3-6,8H2,1-2H3,(H,17,18,21)/t13-/m0/s1. The topological polar surface area (TPSA) is 88.2 Å². The molecule has 3 heterocycles. The first kappa shape index (κ1) is 16.8. The summed E-state index contributed by atoms with van der Waals surface area (Å²) in [5.74, 6) is 0.0284. The maximum Gasteiger partial charge on any atom is 0.266 e. The van der Waals surface area contributed by atoms with E-state index in [-0.39, 0.29) is 17.6 Å². The molecule has 2 aromatic rings. The van der Waals surface area contributed by atoms with E-state index in [4.69, 9.17) is 4.74 Å². The van der Waals surface area contributed by atoms with Crippen molar-refractivity contribution in [2.45, 2.75) is 32.8 Å². The lowest BCUT2D eigenvalue weighted by molar-refractivity contribution is -0.0245. The van der Waals surface area contributed by atoms with Gasteiger partial charge in [0.1, 0.15) is 4.88 Å². The Balaban J connectivity index is 1.61. The zero-order valence-corrected chi connectivity index (χ0v) is 14.6. The van der Waals surface area contributed by atoms with E-state index in [0.717, 1.165) is 22.8 Å². The van der Waals surface area contributed by atoms with E-state index < -0.39 is 0 Å². The lowest BCUT2D eigenvalue weighted by Crippen LogP contribution is -2.45. The van der Waals surface area contributed by atoms with Gasteiger partial charge in [-0.1, -0.05) is 0 Å². The first-order chi connectivity index (χ1) is 11.5. The molecule has 0 unspecified atom stereocenters. The van der Waals surface area contributed by atoms with Crippen LogP contribution in [0.15, 0.2) is 17.2 Å². The highest BCUT2D eigenvalue weighted by Crippen LogP contribution is 2.21. The summed E-state index contributed by atoms with van der Waals surface area (Å²) in [5, 5.41) is 0.904. The molecule has 3 rings (SSSR count). The third-order valence-corrected chi connectivity index (χ3v) is 5.04. The summed E-state index contributed by atoms with van der Waals surface area (Å²) in [4.78, 5) is 37.5. The van der Waals surface area contributed by atoms with Gasteiger partial charge in [-0.3, -0.25) is 9.59 Å². The quantitative estimate of drug-likeness (QED) is 0.900. The average molecular weight is 348 g/mol. The molecule has 1 amide bonds. The molecule has 0 bridgehead atoms. The highest BCUT2D eigenvalue weighted by Gasteiger charge is 2.27. The van der Waals surface area contributed by atoms with Crippen LogP contribution in [0.2, 0.25) is 0 Å². The number of amides is 1. The van der Waals surface area contributed by atoms with Crippen molar-refractivity contribution >= 4 is 17.2 Å². The fourth-order valence-corrected chi connectivity index (χ4v) is 3.69. The normalized spacial score (nSPS) is 17.9. The van der Waals surface area contributed by atoms with E-state index in [0.29, 0.717) is 31.0 Å². The van der Waals surface area contributed by atoms with E-state index in [1.807, 2.05) is 18.7 Å². The molecule has 1 atom stereocenters. The van der Waals surface area contributed by atoms with Crippen LogP contribution < -0.4 is 5.56 Å². The van der Waals surface area contributed by atoms with Crippen molar-refractivity contribution in [2.75, 3.05) is 19.7 Å². The molecular formula is C16H20N4O3S. The minimum Gasteiger partial charge on any atom is -0.375 e. The van der Waals surface area contributed by atoms with Crippen LogP contribution in [0.4, 0.5) is 0 Å². The molecular weight excluding hydrogens is 328 g/mol. The van der Waals surface area contributed by atoms with Crippen LogP contribution in [0.25, 0.3) is 0 Å². The molecule has 1 N–H and O–H groups in total. The molecule has 24 heavy (non-hydrogen) atoms. The Morgan fingerprint density at radius 3 is 3.04 bits per heavy atom. The number of aromatic nitrogens is 3. The second-order valence-electron chi connectivity index (χ2n) is 5.83. The minimum absolute atomic E-state index is 0.0284. The molecule has 1 aliphatic rings. The maximum absolute atomic E-state index is 12.7. The number of aryl methyl sites for hydroxylation is 3. The summed E-state index contributed by atoms with van der Waals surface area (Å²) in [6.07, 6.45) is 2.73. The van der Waals surface area contributed by atoms with E-state index in [1.165, 1.54) is 23.7 Å². The summed E-state index contributed by atoms with van der Waals surface area (Å²) in [6.45, 7) is 5.45. The predicted molar refractivity (Wildman–Crippen MR) is 90.4 cm³/mol. The van der Waals surface area contributed by atoms with E-state index in [2.05, 4.69) is 15.0 Å². The van der Waals surface area contributed by atoms with Gasteiger partial charge in [0.25, 0.3) is 11.5 Å². The number of nitrogens with one attached hydrogen (secondary N) is 1. The molecule has 1 saturated heterocycles. The maximum atomic E-state index is 12.7. The zero-order chi connectivity index (χ0) is 17.1. The first-order valence-corrected chi connectivity index (χ1v) is 8.73. The highest BCUT2D eigenvalue weighted by atomic mass is 32.1. The number of carbonyl (C=O) groups excluding carboxylic acids is 1. The van der Waals surface area contributed by atoms with Gasteiger partial charge < -0.3 is 14.6 Å². The lowest BCUT2D eigenvalue weighted by Gasteiger charge is -2.32. The number of carbonyl (C=O) groups is 1. The number of hydrogen-bond acceptors (Lipinski definition) is 6. The molecule has 1 fully saturated rings. The Labute approximate surface area is 143 Å². The third kappa shape index (κ3) is 3.88. The van der Waals surface area contributed by atoms with Crippen LogP contribution in [0.1, 0.15) is 32.5 Å². The Hall–Kier alpha value is -2.06. The van der Waals surface area contributed by atoms with Crippen molar-refractivity contribution in [2.24, 2.45) is 0 Å². The fourth-order valence-electron chi connectivity index (χ4n) is 2.81. The zero-order valence-electron chi connectivity index (χ0n) is 13.7. The summed E-state index contributed by atoms with van der Waals surface area (Å²) >= 11 is 1.44. The van der Waals surface area contributed by atoms with Gasteiger partial charge in [-0.2, -0.15) is 0 Å². The van der Waals surface area contributed by atoms with Gasteiger partial charge in [-0.05, 0) is 26.7 Å². The molecule has 0 aromatic carbocycles. The Kier molecular flexibility index (Phi) is 5.06. The van der Waals surface area contributed by atoms with Gasteiger partial charge >= 0.3 is 0 Å². The van der Waals surface area contributed by atoms with Crippen LogP contribution in [-0.4, -0.2) is 51.6 Å². The second-order valence-corrected chi connectivity index (χ2v) is 7.04. The molecule has 0 aliphatic carbocycles. The van der Waals surface area contributed by atoms with Crippen molar-refractivity contribution in [3.8, 4) is 0 Å². The molecule has 8 heteroatoms. The number of morpholine rings is 1. The van der Waals surface area contributed by atoms with Gasteiger partial charge in [-0.25, -0.2) is 9.97 Å². The van der Waals surface area contributed by atoms with Gasteiger partial charge in [-0.15, -0.1) is 11.3 Å². The number of aromatic amines is 1. The molecule has 0 spiro atoms. The first-order valence-electron chi connectivity index (χ1n) is 7.91. The van der Waals surface area contributed by atoms with E-state index in [1.54, 1.807) is 0 Å². The number of hydrogen-bond donors (Lipinski definition) is 1. The molecule has 0 radical (unpaired) electrons. The summed E-state index contributed by atoms with van der Waals surface area (Å²) in [5.41, 5.74) is 1.37. The van der Waals surface area contributed by atoms with E-state index in [9.17, 15) is 9.59 Å². The summed E-state index contributed by atoms with van der Waals surface area (Å²) < 4.78 is 5.76. The second kappa shape index (κ2) is 7.23. The van der Waals surface area contributed by atoms with Crippen LogP contribution in [0, 0.1) is 13.8 Å². The molecule has 1 aliphatic heterocycles. The van der Waals surface area contributed by atoms with Gasteiger partial charge in [0.05, 0.1) is 29.7 Å². The van der Waals surface area contributed by atoms with Crippen molar-refractivity contribution in [3.63, 3.8) is 0 Å². The third-order valence-electron chi connectivity index (χ3n) is 3.98. The van der Waals surface area contributed by atoms with Crippen LogP contribution >= 0.6 is 11.3 Å². The number of H-pyrrole nitrogens is 1. The van der Waals surface area contributed by atoms with Crippen LogP contribution in [0.5, 0.6) is 0 Å². The lowest BCUT2D eigenvalue weighted by atomic mass is 10.1. The van der Waals surface area contributed by atoms with Crippen LogP contribution in [-0.2, 0) is 11.2 Å². The van der Waals surface area contributed by atoms with Crippen molar-refractivity contribution in [1.29, 1.82) is 0 Å². The Bertz CT molecular complexity index is 786. The van der Waals surface area contributed by atoms with Gasteiger partial charge in [0.15, 0.2) is 0 Å². The van der Waals surface area contributed by atoms with Crippen molar-refractivity contribution in [3.05, 3.63) is 44.0 Å². The Morgan fingerprint density at radius 2 is 2.33 bits per heavy atom. The van der Waals surface area contributed by atoms with Gasteiger partial charge in [0.2, 0.25) is 0 Å². The number of thiazole rings is 1. The number of rotatable bonds is 4. The molecule has 128 valence electrons. The largest absolute Gasteiger partial charge is 0.375 e. The van der Waals surface area contributed by atoms with E-state index >= 15 is 0 Å². The van der Waals surface area contributed by atoms with Crippen LogP contribution in [0.3, 0.4) is 0 Å². The highest BCUT2D eigenvalue weighted by molar-refractivity contribution is 7.13. The minimum atomic E-state index is -0.155. The monoisotopic (exact) mass is 348 g/mol. The van der Waals surface area contributed by atoms with Gasteiger partial charge in [0, 0.05) is 24.8 Å². The molecule has 7 nitrogen and oxygen atoms in total. The summed E-state index contributed by atoms with van der Waals surface area (Å²) in [6, 6.07) is 1.50. The smallest absolute Gasteiger partial charge is 0.266 e. The molecule has 2 aromatic heterocycles. The summed E-state index contributed by atoms with van der Waals surface area (Å²) in [7, 11) is 0. The molecule has 0 saturated carbocycles.